The van der Waals surface area contributed by atoms with E-state index in [1.54, 1.807) is 0 Å². The maximum atomic E-state index is 14.6. The molecule has 2 nitrogen and oxygen atoms in total. The predicted molar refractivity (Wildman–Crippen MR) is 121 cm³/mol. The minimum atomic E-state index is -1.48. The minimum Gasteiger partial charge on any atom is -0.478 e. The molecule has 0 aliphatic heterocycles. The Morgan fingerprint density at radius 3 is 1.90 bits per heavy atom. The summed E-state index contributed by atoms with van der Waals surface area (Å²) in [6.45, 7) is 4.07. The molecule has 0 aliphatic rings. The Balaban J connectivity index is 1.91. The molecule has 0 saturated heterocycles. The summed E-state index contributed by atoms with van der Waals surface area (Å²) in [5, 5.41) is 9.26. The third-order valence-corrected chi connectivity index (χ3v) is 5.59. The van der Waals surface area contributed by atoms with E-state index in [0.717, 1.165) is 17.5 Å². The molecule has 0 unspecified atom stereocenters. The first-order valence-electron chi connectivity index (χ1n) is 10.9. The quantitative estimate of drug-likeness (QED) is 0.359. The first kappa shape index (κ1) is 22.7. The molecule has 0 heterocycles. The van der Waals surface area contributed by atoms with Crippen LogP contribution in [0.15, 0.2) is 54.6 Å². The molecule has 1 N–H and O–H groups in total. The lowest BCUT2D eigenvalue weighted by atomic mass is 9.92. The average Bonchev–Trinajstić information content (AvgIpc) is 2.78. The molecule has 0 saturated carbocycles. The smallest absolute Gasteiger partial charge is 0.338 e. The fourth-order valence-corrected chi connectivity index (χ4v) is 3.86. The van der Waals surface area contributed by atoms with E-state index >= 15 is 0 Å². The van der Waals surface area contributed by atoms with E-state index < -0.39 is 23.2 Å². The standard InChI is InChI=1S/C27H28F2O2/c1-3-5-6-8-18-9-11-19(12-10-18)20-13-15-21(16-14-20)23-17-24(27(30)31)26(29)25(28)22(23)7-4-2/h9-17H,3-8H2,1-2H3,(H,30,31). The Kier molecular flexibility index (Phi) is 7.56. The maximum absolute atomic E-state index is 14.6. The van der Waals surface area contributed by atoms with Crippen LogP contribution < -0.4 is 0 Å². The van der Waals surface area contributed by atoms with E-state index in [2.05, 4.69) is 31.2 Å². The van der Waals surface area contributed by atoms with E-state index in [-0.39, 0.29) is 5.56 Å². The normalized spacial score (nSPS) is 11.0. The number of benzene rings is 3. The lowest BCUT2D eigenvalue weighted by molar-refractivity contribution is 0.0690. The summed E-state index contributed by atoms with van der Waals surface area (Å²) >= 11 is 0. The van der Waals surface area contributed by atoms with Crippen molar-refractivity contribution >= 4 is 5.97 Å². The van der Waals surface area contributed by atoms with Crippen LogP contribution in [0.4, 0.5) is 8.78 Å². The molecule has 0 radical (unpaired) electrons. The molecule has 0 amide bonds. The third kappa shape index (κ3) is 5.19. The largest absolute Gasteiger partial charge is 0.478 e. The number of rotatable bonds is 9. The summed E-state index contributed by atoms with van der Waals surface area (Å²) in [6.07, 6.45) is 5.66. The number of unbranched alkanes of at least 4 members (excludes halogenated alkanes) is 2. The van der Waals surface area contributed by atoms with Gasteiger partial charge in [-0.25, -0.2) is 13.6 Å². The van der Waals surface area contributed by atoms with Gasteiger partial charge in [-0.05, 0) is 58.7 Å². The molecular formula is C27H28F2O2. The zero-order chi connectivity index (χ0) is 22.4. The zero-order valence-electron chi connectivity index (χ0n) is 18.1. The van der Waals surface area contributed by atoms with Gasteiger partial charge in [0.25, 0.3) is 0 Å². The highest BCUT2D eigenvalue weighted by Crippen LogP contribution is 2.32. The number of aryl methyl sites for hydroxylation is 1. The van der Waals surface area contributed by atoms with Crippen LogP contribution in [0.5, 0.6) is 0 Å². The van der Waals surface area contributed by atoms with Gasteiger partial charge in [0.05, 0.1) is 5.56 Å². The Labute approximate surface area is 182 Å². The van der Waals surface area contributed by atoms with Gasteiger partial charge in [-0.1, -0.05) is 81.6 Å². The number of hydrogen-bond donors (Lipinski definition) is 1. The van der Waals surface area contributed by atoms with Crippen LogP contribution >= 0.6 is 0 Å². The molecule has 0 atom stereocenters. The number of aromatic carboxylic acids is 1. The van der Waals surface area contributed by atoms with Gasteiger partial charge in [-0.15, -0.1) is 0 Å². The van der Waals surface area contributed by atoms with Gasteiger partial charge in [0.15, 0.2) is 11.6 Å². The van der Waals surface area contributed by atoms with Gasteiger partial charge in [-0.3, -0.25) is 0 Å². The van der Waals surface area contributed by atoms with E-state index in [0.29, 0.717) is 24.0 Å². The molecule has 3 rings (SSSR count). The van der Waals surface area contributed by atoms with Crippen LogP contribution in [0.2, 0.25) is 0 Å². The second-order valence-electron chi connectivity index (χ2n) is 7.86. The summed E-state index contributed by atoms with van der Waals surface area (Å²) in [4.78, 5) is 11.4. The van der Waals surface area contributed by atoms with Crippen molar-refractivity contribution in [3.63, 3.8) is 0 Å². The lowest BCUT2D eigenvalue weighted by Crippen LogP contribution is -2.07. The van der Waals surface area contributed by atoms with Crippen LogP contribution in [0.3, 0.4) is 0 Å². The topological polar surface area (TPSA) is 37.3 Å². The van der Waals surface area contributed by atoms with Crippen molar-refractivity contribution in [2.24, 2.45) is 0 Å². The van der Waals surface area contributed by atoms with Gasteiger partial charge in [0, 0.05) is 0 Å². The maximum Gasteiger partial charge on any atom is 0.338 e. The summed E-state index contributed by atoms with van der Waals surface area (Å²) in [7, 11) is 0. The minimum absolute atomic E-state index is 0.217. The van der Waals surface area contributed by atoms with Crippen LogP contribution in [0.25, 0.3) is 22.3 Å². The molecule has 0 bridgehead atoms. The Bertz CT molecular complexity index is 1040. The molecule has 0 spiro atoms. The molecule has 0 aliphatic carbocycles. The van der Waals surface area contributed by atoms with Gasteiger partial charge in [-0.2, -0.15) is 0 Å². The molecule has 3 aromatic rings. The van der Waals surface area contributed by atoms with Crippen molar-refractivity contribution < 1.29 is 18.7 Å². The summed E-state index contributed by atoms with van der Waals surface area (Å²) in [5.74, 6) is -3.84. The molecule has 3 aromatic carbocycles. The summed E-state index contributed by atoms with van der Waals surface area (Å²) in [5.41, 5.74) is 4.09. The van der Waals surface area contributed by atoms with Crippen LogP contribution in [-0.2, 0) is 12.8 Å². The molecule has 31 heavy (non-hydrogen) atoms. The lowest BCUT2D eigenvalue weighted by Gasteiger charge is -2.14. The molecule has 162 valence electrons. The Hall–Kier alpha value is -3.01. The number of carboxylic acids is 1. The molecule has 0 fully saturated rings. The summed E-state index contributed by atoms with van der Waals surface area (Å²) in [6, 6.07) is 17.3. The van der Waals surface area contributed by atoms with E-state index in [9.17, 15) is 18.7 Å². The monoisotopic (exact) mass is 422 g/mol. The van der Waals surface area contributed by atoms with Crippen molar-refractivity contribution in [1.82, 2.24) is 0 Å². The van der Waals surface area contributed by atoms with Crippen molar-refractivity contribution in [3.05, 3.63) is 82.9 Å². The van der Waals surface area contributed by atoms with Crippen molar-refractivity contribution in [2.75, 3.05) is 0 Å². The fraction of sp³-hybridized carbons (Fsp3) is 0.296. The first-order valence-corrected chi connectivity index (χ1v) is 10.9. The number of carboxylic acid groups (broad SMARTS) is 1. The van der Waals surface area contributed by atoms with Crippen LogP contribution in [-0.4, -0.2) is 11.1 Å². The second kappa shape index (κ2) is 10.3. The molecular weight excluding hydrogens is 394 g/mol. The van der Waals surface area contributed by atoms with Crippen LogP contribution in [0.1, 0.15) is 61.0 Å². The predicted octanol–water partition coefficient (Wildman–Crippen LogP) is 7.68. The summed E-state index contributed by atoms with van der Waals surface area (Å²) < 4.78 is 28.8. The number of halogens is 2. The van der Waals surface area contributed by atoms with Gasteiger partial charge < -0.3 is 5.11 Å². The highest BCUT2D eigenvalue weighted by molar-refractivity contribution is 5.90. The third-order valence-electron chi connectivity index (χ3n) is 5.59. The first-order chi connectivity index (χ1) is 15.0. The molecule has 4 heteroatoms. The van der Waals surface area contributed by atoms with Crippen LogP contribution in [0, 0.1) is 11.6 Å². The molecule has 0 aromatic heterocycles. The Morgan fingerprint density at radius 1 is 0.774 bits per heavy atom. The van der Waals surface area contributed by atoms with Gasteiger partial charge >= 0.3 is 5.97 Å². The second-order valence-corrected chi connectivity index (χ2v) is 7.86. The van der Waals surface area contributed by atoms with Gasteiger partial charge in [0.1, 0.15) is 0 Å². The Morgan fingerprint density at radius 2 is 1.35 bits per heavy atom. The highest BCUT2D eigenvalue weighted by atomic mass is 19.2. The fourth-order valence-electron chi connectivity index (χ4n) is 3.86. The van der Waals surface area contributed by atoms with Crippen molar-refractivity contribution in [3.8, 4) is 22.3 Å². The van der Waals surface area contributed by atoms with E-state index in [1.807, 2.05) is 31.2 Å². The van der Waals surface area contributed by atoms with Crippen molar-refractivity contribution in [1.29, 1.82) is 0 Å². The zero-order valence-corrected chi connectivity index (χ0v) is 18.1. The average molecular weight is 423 g/mol. The van der Waals surface area contributed by atoms with E-state index in [1.165, 1.54) is 30.9 Å². The highest BCUT2D eigenvalue weighted by Gasteiger charge is 2.22. The number of carbonyl (C=O) groups is 1. The SMILES string of the molecule is CCCCCc1ccc(-c2ccc(-c3cc(C(=O)O)c(F)c(F)c3CCC)cc2)cc1. The van der Waals surface area contributed by atoms with Gasteiger partial charge in [0.2, 0.25) is 0 Å². The van der Waals surface area contributed by atoms with Crippen molar-refractivity contribution in [2.45, 2.75) is 52.4 Å². The number of hydrogen-bond acceptors (Lipinski definition) is 1. The van der Waals surface area contributed by atoms with E-state index in [4.69, 9.17) is 0 Å².